The maximum absolute atomic E-state index is 12.4. The average molecular weight is 372 g/mol. The van der Waals surface area contributed by atoms with Crippen LogP contribution in [-0.2, 0) is 24.3 Å². The van der Waals surface area contributed by atoms with Crippen molar-refractivity contribution in [3.05, 3.63) is 45.9 Å². The zero-order valence-electron chi connectivity index (χ0n) is 14.4. The lowest BCUT2D eigenvalue weighted by atomic mass is 10.1. The van der Waals surface area contributed by atoms with E-state index in [1.807, 2.05) is 31.2 Å². The van der Waals surface area contributed by atoms with Crippen molar-refractivity contribution in [3.8, 4) is 0 Å². The van der Waals surface area contributed by atoms with E-state index in [0.29, 0.717) is 30.0 Å². The van der Waals surface area contributed by atoms with E-state index in [9.17, 15) is 9.35 Å². The van der Waals surface area contributed by atoms with Crippen LogP contribution in [0.15, 0.2) is 39.2 Å². The van der Waals surface area contributed by atoms with E-state index in [1.165, 1.54) is 4.57 Å². The van der Waals surface area contributed by atoms with Crippen LogP contribution < -0.4 is 11.4 Å². The number of nitrogens with one attached hydrogen (secondary N) is 1. The fraction of sp³-hybridized carbons (Fsp3) is 0.294. The molecule has 1 atom stereocenters. The smallest absolute Gasteiger partial charge is 0.346 e. The van der Waals surface area contributed by atoms with Gasteiger partial charge in [0.15, 0.2) is 11.5 Å². The zero-order chi connectivity index (χ0) is 18.7. The van der Waals surface area contributed by atoms with Crippen molar-refractivity contribution in [2.24, 2.45) is 4.99 Å². The Morgan fingerprint density at radius 1 is 1.31 bits per heavy atom. The first-order valence-corrected chi connectivity index (χ1v) is 9.50. The van der Waals surface area contributed by atoms with E-state index in [4.69, 9.17) is 5.73 Å². The Labute approximate surface area is 153 Å². The molecule has 0 amide bonds. The standard InChI is InChI=1S/C17H20N6O2S/c1-3-8-26(25)16-21-14(18)13-15(22-16)23(17(24)20-13)10-12-6-4-11(5-7-12)9-19-2/h4-7H,2-3,8-10H2,1H3,(H,20,24)(H2,18,21,22). The minimum Gasteiger partial charge on any atom is -0.609 e. The fourth-order valence-corrected chi connectivity index (χ4v) is 3.56. The van der Waals surface area contributed by atoms with Gasteiger partial charge >= 0.3 is 10.8 Å². The second-order valence-corrected chi connectivity index (χ2v) is 7.32. The molecule has 3 N–H and O–H groups in total. The summed E-state index contributed by atoms with van der Waals surface area (Å²) in [5.74, 6) is 0.566. The van der Waals surface area contributed by atoms with Gasteiger partial charge in [-0.1, -0.05) is 31.2 Å². The van der Waals surface area contributed by atoms with Gasteiger partial charge in [-0.25, -0.2) is 4.79 Å². The number of hydrogen-bond donors (Lipinski definition) is 2. The topological polar surface area (TPSA) is 125 Å². The van der Waals surface area contributed by atoms with Crippen LogP contribution in [0.4, 0.5) is 5.82 Å². The molecule has 2 aromatic heterocycles. The predicted molar refractivity (Wildman–Crippen MR) is 103 cm³/mol. The number of rotatable bonds is 7. The highest BCUT2D eigenvalue weighted by Crippen LogP contribution is 2.18. The summed E-state index contributed by atoms with van der Waals surface area (Å²) < 4.78 is 13.7. The lowest BCUT2D eigenvalue weighted by Gasteiger charge is -2.09. The number of nitrogens with zero attached hydrogens (tertiary/aromatic N) is 4. The number of fused-ring (bicyclic) bond motifs is 1. The normalized spacial score (nSPS) is 12.4. The summed E-state index contributed by atoms with van der Waals surface area (Å²) in [6.07, 6.45) is 0.736. The van der Waals surface area contributed by atoms with Crippen molar-refractivity contribution in [3.63, 3.8) is 0 Å². The van der Waals surface area contributed by atoms with E-state index in [0.717, 1.165) is 17.5 Å². The van der Waals surface area contributed by atoms with Crippen molar-refractivity contribution in [1.29, 1.82) is 0 Å². The van der Waals surface area contributed by atoms with Crippen LogP contribution in [0, 0.1) is 0 Å². The summed E-state index contributed by atoms with van der Waals surface area (Å²) in [7, 11) is 0. The Morgan fingerprint density at radius 3 is 2.65 bits per heavy atom. The lowest BCUT2D eigenvalue weighted by Crippen LogP contribution is -2.18. The monoisotopic (exact) mass is 372 g/mol. The number of imidazole rings is 1. The van der Waals surface area contributed by atoms with Crippen molar-refractivity contribution in [2.45, 2.75) is 31.6 Å². The average Bonchev–Trinajstić information content (AvgIpc) is 2.93. The van der Waals surface area contributed by atoms with Gasteiger partial charge < -0.3 is 15.3 Å². The van der Waals surface area contributed by atoms with Crippen LogP contribution in [0.1, 0.15) is 24.5 Å². The highest BCUT2D eigenvalue weighted by molar-refractivity contribution is 7.91. The van der Waals surface area contributed by atoms with Gasteiger partial charge in [-0.2, -0.15) is 9.97 Å². The number of anilines is 1. The highest BCUT2D eigenvalue weighted by atomic mass is 32.2. The molecular weight excluding hydrogens is 352 g/mol. The Kier molecular flexibility index (Phi) is 5.38. The predicted octanol–water partition coefficient (Wildman–Crippen LogP) is 1.47. The van der Waals surface area contributed by atoms with E-state index in [2.05, 4.69) is 26.7 Å². The molecule has 3 aromatic rings. The van der Waals surface area contributed by atoms with Gasteiger partial charge in [0.2, 0.25) is 0 Å². The lowest BCUT2D eigenvalue weighted by molar-refractivity contribution is 0.585. The molecule has 0 aliphatic rings. The van der Waals surface area contributed by atoms with Crippen molar-refractivity contribution >= 4 is 34.9 Å². The van der Waals surface area contributed by atoms with Crippen molar-refractivity contribution < 1.29 is 4.55 Å². The molecule has 1 aromatic carbocycles. The van der Waals surface area contributed by atoms with E-state index in [1.54, 1.807) is 0 Å². The second kappa shape index (κ2) is 7.71. The van der Waals surface area contributed by atoms with Gasteiger partial charge in [-0.05, 0) is 24.3 Å². The van der Waals surface area contributed by atoms with Gasteiger partial charge in [-0.15, -0.1) is 0 Å². The zero-order valence-corrected chi connectivity index (χ0v) is 15.3. The molecule has 0 radical (unpaired) electrons. The molecule has 26 heavy (non-hydrogen) atoms. The molecule has 0 aliphatic heterocycles. The number of H-pyrrole nitrogens is 1. The van der Waals surface area contributed by atoms with Gasteiger partial charge in [0.1, 0.15) is 11.3 Å². The number of nitrogens with two attached hydrogens (primary N) is 1. The van der Waals surface area contributed by atoms with E-state index >= 15 is 0 Å². The van der Waals surface area contributed by atoms with Crippen LogP contribution in [0.5, 0.6) is 0 Å². The largest absolute Gasteiger partial charge is 0.609 e. The number of aliphatic imine (C=N–C) groups is 1. The van der Waals surface area contributed by atoms with Crippen LogP contribution in [0.25, 0.3) is 11.2 Å². The van der Waals surface area contributed by atoms with Crippen LogP contribution in [0.2, 0.25) is 0 Å². The molecule has 3 rings (SSSR count). The molecular formula is C17H20N6O2S. The van der Waals surface area contributed by atoms with Gasteiger partial charge in [0.25, 0.3) is 0 Å². The van der Waals surface area contributed by atoms with Gasteiger partial charge in [-0.3, -0.25) is 9.56 Å². The van der Waals surface area contributed by atoms with Crippen LogP contribution >= 0.6 is 0 Å². The Morgan fingerprint density at radius 2 is 2.00 bits per heavy atom. The fourth-order valence-electron chi connectivity index (χ4n) is 2.62. The first kappa shape index (κ1) is 18.2. The summed E-state index contributed by atoms with van der Waals surface area (Å²) >= 11 is -1.35. The molecule has 0 spiro atoms. The number of aromatic amines is 1. The second-order valence-electron chi connectivity index (χ2n) is 5.85. The van der Waals surface area contributed by atoms with Crippen molar-refractivity contribution in [1.82, 2.24) is 19.5 Å². The first-order chi connectivity index (χ1) is 12.5. The van der Waals surface area contributed by atoms with E-state index in [-0.39, 0.29) is 16.7 Å². The third-order valence-corrected chi connectivity index (χ3v) is 5.25. The van der Waals surface area contributed by atoms with E-state index < -0.39 is 11.2 Å². The Balaban J connectivity index is 2.00. The molecule has 0 fully saturated rings. The summed E-state index contributed by atoms with van der Waals surface area (Å²) in [5.41, 5.74) is 8.28. The van der Waals surface area contributed by atoms with Crippen molar-refractivity contribution in [2.75, 3.05) is 11.5 Å². The first-order valence-electron chi connectivity index (χ1n) is 8.18. The molecule has 136 valence electrons. The molecule has 1 unspecified atom stereocenters. The molecule has 2 heterocycles. The van der Waals surface area contributed by atoms with Crippen LogP contribution in [0.3, 0.4) is 0 Å². The number of benzene rings is 1. The molecule has 0 saturated heterocycles. The summed E-state index contributed by atoms with van der Waals surface area (Å²) in [6.45, 7) is 6.27. The third-order valence-electron chi connectivity index (χ3n) is 3.88. The molecule has 9 heteroatoms. The minimum absolute atomic E-state index is 0.123. The molecule has 0 aliphatic carbocycles. The number of hydrogen-bond acceptors (Lipinski definition) is 6. The third kappa shape index (κ3) is 3.63. The Bertz CT molecular complexity index is 979. The minimum atomic E-state index is -1.35. The van der Waals surface area contributed by atoms with Crippen LogP contribution in [-0.4, -0.2) is 36.5 Å². The van der Waals surface area contributed by atoms with Gasteiger partial charge in [0.05, 0.1) is 13.1 Å². The molecule has 0 saturated carbocycles. The highest BCUT2D eigenvalue weighted by Gasteiger charge is 2.20. The molecule has 8 nitrogen and oxygen atoms in total. The number of aromatic nitrogens is 4. The maximum Gasteiger partial charge on any atom is 0.346 e. The summed E-state index contributed by atoms with van der Waals surface area (Å²) in [6, 6.07) is 7.73. The summed E-state index contributed by atoms with van der Waals surface area (Å²) in [4.78, 5) is 27.3. The quantitative estimate of drug-likeness (QED) is 0.369. The Hall–Kier alpha value is -2.65. The summed E-state index contributed by atoms with van der Waals surface area (Å²) in [5, 5.41) is 0.150. The molecule has 0 bridgehead atoms. The SMILES string of the molecule is C=NCc1ccc(Cn2c(=O)[nH]c3c(N)nc([S+]([O-])CCC)nc32)cc1. The van der Waals surface area contributed by atoms with Gasteiger partial charge in [0, 0.05) is 11.2 Å². The maximum atomic E-state index is 12.4. The number of nitrogen functional groups attached to an aromatic ring is 1.